The Morgan fingerprint density at radius 3 is 2.55 bits per heavy atom. The summed E-state index contributed by atoms with van der Waals surface area (Å²) in [4.78, 5) is 26.8. The van der Waals surface area contributed by atoms with Crippen molar-refractivity contribution in [1.82, 2.24) is 10.3 Å². The van der Waals surface area contributed by atoms with Crippen LogP contribution in [0.4, 0.5) is 0 Å². The van der Waals surface area contributed by atoms with E-state index in [9.17, 15) is 9.59 Å². The Labute approximate surface area is 123 Å². The predicted octanol–water partition coefficient (Wildman–Crippen LogP) is 2.03. The maximum atomic E-state index is 12.0. The number of hydrogen-bond donors (Lipinski definition) is 2. The molecule has 5 nitrogen and oxygen atoms in total. The molecule has 0 aliphatic heterocycles. The summed E-state index contributed by atoms with van der Waals surface area (Å²) in [7, 11) is 0. The molecule has 1 aromatic heterocycles. The van der Waals surface area contributed by atoms with Gasteiger partial charge in [0.25, 0.3) is 5.91 Å². The predicted molar refractivity (Wildman–Crippen MR) is 78.7 cm³/mol. The van der Waals surface area contributed by atoms with Crippen LogP contribution in [0.2, 0.25) is 5.15 Å². The highest BCUT2D eigenvalue weighted by molar-refractivity contribution is 6.29. The van der Waals surface area contributed by atoms with Crippen LogP contribution >= 0.6 is 11.6 Å². The van der Waals surface area contributed by atoms with Gasteiger partial charge in [-0.2, -0.15) is 0 Å². The van der Waals surface area contributed by atoms with Gasteiger partial charge in [0.05, 0.1) is 0 Å². The third-order valence-corrected chi connectivity index (χ3v) is 2.90. The lowest BCUT2D eigenvalue weighted by molar-refractivity contribution is -0.118. The number of aromatic nitrogens is 1. The van der Waals surface area contributed by atoms with Gasteiger partial charge in [-0.25, -0.2) is 4.98 Å². The summed E-state index contributed by atoms with van der Waals surface area (Å²) in [5.74, 6) is -0.606. The first-order valence-electron chi connectivity index (χ1n) is 6.44. The fraction of sp³-hybridized carbons (Fsp3) is 0.500. The van der Waals surface area contributed by atoms with E-state index < -0.39 is 0 Å². The highest BCUT2D eigenvalue weighted by atomic mass is 35.5. The summed E-state index contributed by atoms with van der Waals surface area (Å²) < 4.78 is 0. The van der Waals surface area contributed by atoms with E-state index in [-0.39, 0.29) is 23.7 Å². The monoisotopic (exact) mass is 297 g/mol. The van der Waals surface area contributed by atoms with Crippen LogP contribution in [0.3, 0.4) is 0 Å². The minimum Gasteiger partial charge on any atom is -0.370 e. The molecule has 0 aliphatic carbocycles. The number of rotatable bonds is 5. The van der Waals surface area contributed by atoms with Crippen molar-refractivity contribution >= 4 is 23.4 Å². The molecule has 110 valence electrons. The molecule has 1 aromatic rings. The van der Waals surface area contributed by atoms with Gasteiger partial charge >= 0.3 is 0 Å². The molecular weight excluding hydrogens is 278 g/mol. The average molecular weight is 298 g/mol. The fourth-order valence-electron chi connectivity index (χ4n) is 1.58. The molecule has 0 radical (unpaired) electrons. The Balaban J connectivity index is 2.73. The number of hydrogen-bond acceptors (Lipinski definition) is 3. The number of carbonyl (C=O) groups excluding carboxylic acids is 2. The van der Waals surface area contributed by atoms with Crippen molar-refractivity contribution in [2.75, 3.05) is 6.54 Å². The third kappa shape index (κ3) is 5.17. The van der Waals surface area contributed by atoms with Gasteiger partial charge in [-0.15, -0.1) is 0 Å². The summed E-state index contributed by atoms with van der Waals surface area (Å²) in [5, 5.41) is 3.02. The minimum absolute atomic E-state index is 0.189. The van der Waals surface area contributed by atoms with E-state index in [1.807, 2.05) is 20.8 Å². The summed E-state index contributed by atoms with van der Waals surface area (Å²) in [6, 6.07) is 3.26. The summed E-state index contributed by atoms with van der Waals surface area (Å²) in [5.41, 5.74) is 6.07. The van der Waals surface area contributed by atoms with Crippen molar-refractivity contribution in [1.29, 1.82) is 0 Å². The van der Waals surface area contributed by atoms with Crippen molar-refractivity contribution < 1.29 is 9.59 Å². The molecule has 6 heteroatoms. The van der Waals surface area contributed by atoms with Gasteiger partial charge in [-0.3, -0.25) is 9.59 Å². The molecule has 0 aromatic carbocycles. The van der Waals surface area contributed by atoms with Gasteiger partial charge in [-0.05, 0) is 18.6 Å². The summed E-state index contributed by atoms with van der Waals surface area (Å²) in [6.07, 6.45) is 0.774. The first kappa shape index (κ1) is 16.4. The van der Waals surface area contributed by atoms with Crippen LogP contribution in [0.15, 0.2) is 12.1 Å². The van der Waals surface area contributed by atoms with Crippen LogP contribution in [-0.2, 0) is 10.2 Å². The Kier molecular flexibility index (Phi) is 5.51. The Morgan fingerprint density at radius 1 is 1.35 bits per heavy atom. The van der Waals surface area contributed by atoms with Crippen LogP contribution in [0, 0.1) is 0 Å². The van der Waals surface area contributed by atoms with E-state index in [2.05, 4.69) is 10.3 Å². The standard InChI is InChI=1S/C14H20ClN3O2/c1-14(2,3)10-7-9(8-11(15)18-10)13(20)17-6-4-5-12(16)19/h7-8H,4-6H2,1-3H3,(H2,16,19)(H,17,20). The van der Waals surface area contributed by atoms with Crippen molar-refractivity contribution in [3.8, 4) is 0 Å². The van der Waals surface area contributed by atoms with E-state index in [0.29, 0.717) is 23.7 Å². The Morgan fingerprint density at radius 2 is 2.00 bits per heavy atom. The maximum Gasteiger partial charge on any atom is 0.251 e. The molecule has 1 heterocycles. The van der Waals surface area contributed by atoms with Crippen LogP contribution in [0.5, 0.6) is 0 Å². The summed E-state index contributed by atoms with van der Waals surface area (Å²) in [6.45, 7) is 6.40. The molecule has 0 unspecified atom stereocenters. The number of primary amides is 1. The zero-order valence-corrected chi connectivity index (χ0v) is 12.8. The van der Waals surface area contributed by atoms with Gasteiger partial charge < -0.3 is 11.1 Å². The van der Waals surface area contributed by atoms with Crippen LogP contribution in [-0.4, -0.2) is 23.3 Å². The second-order valence-corrected chi connectivity index (χ2v) is 6.03. The molecular formula is C14H20ClN3O2. The number of nitrogens with zero attached hydrogens (tertiary/aromatic N) is 1. The molecule has 0 bridgehead atoms. The van der Waals surface area contributed by atoms with E-state index in [4.69, 9.17) is 17.3 Å². The molecule has 20 heavy (non-hydrogen) atoms. The van der Waals surface area contributed by atoms with Gasteiger partial charge in [0.2, 0.25) is 5.91 Å². The van der Waals surface area contributed by atoms with E-state index in [1.165, 1.54) is 6.07 Å². The lowest BCUT2D eigenvalue weighted by atomic mass is 9.91. The van der Waals surface area contributed by atoms with Crippen molar-refractivity contribution in [3.05, 3.63) is 28.5 Å². The quantitative estimate of drug-likeness (QED) is 0.644. The summed E-state index contributed by atoms with van der Waals surface area (Å²) >= 11 is 5.95. The lowest BCUT2D eigenvalue weighted by Gasteiger charge is -2.18. The highest BCUT2D eigenvalue weighted by Crippen LogP contribution is 2.23. The Hall–Kier alpha value is -1.62. The van der Waals surface area contributed by atoms with E-state index >= 15 is 0 Å². The molecule has 0 saturated heterocycles. The zero-order chi connectivity index (χ0) is 15.3. The Bertz CT molecular complexity index is 510. The minimum atomic E-state index is -0.374. The van der Waals surface area contributed by atoms with Crippen molar-refractivity contribution in [3.63, 3.8) is 0 Å². The number of carbonyl (C=O) groups is 2. The van der Waals surface area contributed by atoms with Crippen molar-refractivity contribution in [2.45, 2.75) is 39.0 Å². The van der Waals surface area contributed by atoms with Crippen LogP contribution in [0.25, 0.3) is 0 Å². The average Bonchev–Trinajstić information content (AvgIpc) is 2.32. The van der Waals surface area contributed by atoms with Gasteiger partial charge in [0.1, 0.15) is 5.15 Å². The van der Waals surface area contributed by atoms with Gasteiger partial charge in [0, 0.05) is 29.6 Å². The number of nitrogens with two attached hydrogens (primary N) is 1. The zero-order valence-electron chi connectivity index (χ0n) is 12.0. The van der Waals surface area contributed by atoms with Gasteiger partial charge in [-0.1, -0.05) is 32.4 Å². The molecule has 2 amide bonds. The number of amides is 2. The maximum absolute atomic E-state index is 12.0. The molecule has 0 aliphatic rings. The first-order valence-corrected chi connectivity index (χ1v) is 6.82. The molecule has 1 rings (SSSR count). The molecule has 0 spiro atoms. The van der Waals surface area contributed by atoms with Crippen LogP contribution < -0.4 is 11.1 Å². The molecule has 0 atom stereocenters. The second kappa shape index (κ2) is 6.70. The molecule has 0 fully saturated rings. The topological polar surface area (TPSA) is 85.1 Å². The number of halogens is 1. The normalized spacial score (nSPS) is 11.2. The molecule has 3 N–H and O–H groups in total. The number of pyridine rings is 1. The lowest BCUT2D eigenvalue weighted by Crippen LogP contribution is -2.26. The van der Waals surface area contributed by atoms with E-state index in [1.54, 1.807) is 6.07 Å². The SMILES string of the molecule is CC(C)(C)c1cc(C(=O)NCCCC(N)=O)cc(Cl)n1. The number of nitrogens with one attached hydrogen (secondary N) is 1. The molecule has 0 saturated carbocycles. The van der Waals surface area contributed by atoms with Gasteiger partial charge in [0.15, 0.2) is 0 Å². The van der Waals surface area contributed by atoms with Crippen molar-refractivity contribution in [2.24, 2.45) is 5.73 Å². The van der Waals surface area contributed by atoms with Crippen LogP contribution in [0.1, 0.15) is 49.7 Å². The fourth-order valence-corrected chi connectivity index (χ4v) is 1.79. The first-order chi connectivity index (χ1) is 9.20. The van der Waals surface area contributed by atoms with E-state index in [0.717, 1.165) is 5.69 Å². The highest BCUT2D eigenvalue weighted by Gasteiger charge is 2.18. The largest absolute Gasteiger partial charge is 0.370 e. The smallest absolute Gasteiger partial charge is 0.251 e. The second-order valence-electron chi connectivity index (χ2n) is 5.64. The third-order valence-electron chi connectivity index (χ3n) is 2.71.